The molecule has 0 spiro atoms. The van der Waals surface area contributed by atoms with Gasteiger partial charge in [-0.3, -0.25) is 4.90 Å². The number of fused-ring (bicyclic) bond motifs is 1. The summed E-state index contributed by atoms with van der Waals surface area (Å²) < 4.78 is 43.0. The first kappa shape index (κ1) is 25.1. The van der Waals surface area contributed by atoms with Crippen LogP contribution in [-0.2, 0) is 16.1 Å². The molecule has 0 unspecified atom stereocenters. The molecule has 3 fully saturated rings. The van der Waals surface area contributed by atoms with E-state index in [1.807, 2.05) is 17.0 Å². The largest absolute Gasteiger partial charge is 0.496 e. The molecular formula is C22H30F3N3O5. The van der Waals surface area contributed by atoms with Crippen LogP contribution in [0.25, 0.3) is 0 Å². The molecule has 11 heteroatoms. The van der Waals surface area contributed by atoms with Crippen LogP contribution in [0.5, 0.6) is 5.75 Å². The number of para-hydroxylation sites is 1. The molecule has 3 saturated heterocycles. The third-order valence-electron chi connectivity index (χ3n) is 6.41. The molecule has 8 nitrogen and oxygen atoms in total. The number of alkyl halides is 3. The summed E-state index contributed by atoms with van der Waals surface area (Å²) >= 11 is 0. The van der Waals surface area contributed by atoms with Gasteiger partial charge in [0.25, 0.3) is 0 Å². The Kier molecular flexibility index (Phi) is 8.06. The lowest BCUT2D eigenvalue weighted by Gasteiger charge is -2.29. The number of hydrogen-bond donors (Lipinski definition) is 2. The number of urea groups is 1. The topological polar surface area (TPSA) is 91.3 Å². The highest BCUT2D eigenvalue weighted by Crippen LogP contribution is 2.41. The summed E-state index contributed by atoms with van der Waals surface area (Å²) in [7, 11) is 1.72. The number of nitrogens with zero attached hydrogens (tertiary/aromatic N) is 2. The second-order valence-corrected chi connectivity index (χ2v) is 8.71. The second kappa shape index (κ2) is 10.6. The Labute approximate surface area is 190 Å². The Bertz CT molecular complexity index is 832. The number of nitrogens with one attached hydrogen (secondary N) is 1. The third kappa shape index (κ3) is 6.29. The van der Waals surface area contributed by atoms with Crippen molar-refractivity contribution in [1.82, 2.24) is 15.1 Å². The Hall–Kier alpha value is -2.53. The van der Waals surface area contributed by atoms with Crippen LogP contribution >= 0.6 is 0 Å². The minimum absolute atomic E-state index is 0.0391. The number of hydrogen-bond acceptors (Lipinski definition) is 5. The van der Waals surface area contributed by atoms with E-state index < -0.39 is 12.1 Å². The Morgan fingerprint density at radius 2 is 1.94 bits per heavy atom. The van der Waals surface area contributed by atoms with Gasteiger partial charge < -0.3 is 24.8 Å². The van der Waals surface area contributed by atoms with Crippen LogP contribution in [0.1, 0.15) is 18.4 Å². The maximum atomic E-state index is 12.4. The molecule has 1 aromatic carbocycles. The van der Waals surface area contributed by atoms with Crippen LogP contribution < -0.4 is 10.1 Å². The lowest BCUT2D eigenvalue weighted by atomic mass is 9.81. The molecule has 0 aromatic heterocycles. The van der Waals surface area contributed by atoms with Crippen molar-refractivity contribution in [3.63, 3.8) is 0 Å². The molecule has 1 aromatic rings. The van der Waals surface area contributed by atoms with E-state index in [9.17, 15) is 18.0 Å². The standard InChI is InChI=1S/C20H29N3O3.C2HF3O2/c1-25-18-7-3-2-6-16(18)10-22-11-17-12-26-15-20(17,14-22)13-21-19(24)23-8-4-5-9-23;3-2(4,5)1(6)7/h2-3,6-7,17H,4-5,8-15H2,1H3,(H,21,24);(H,6,7)/t17-,20+;/m1./s1. The van der Waals surface area contributed by atoms with Gasteiger partial charge in [-0.2, -0.15) is 13.2 Å². The number of carboxylic acid groups (broad SMARTS) is 1. The molecule has 3 heterocycles. The monoisotopic (exact) mass is 473 g/mol. The number of benzene rings is 1. The molecule has 2 amide bonds. The molecular weight excluding hydrogens is 443 g/mol. The van der Waals surface area contributed by atoms with E-state index in [1.165, 1.54) is 5.56 Å². The first-order valence-electron chi connectivity index (χ1n) is 10.9. The fourth-order valence-electron chi connectivity index (χ4n) is 4.67. The molecule has 33 heavy (non-hydrogen) atoms. The zero-order valence-corrected chi connectivity index (χ0v) is 18.6. The second-order valence-electron chi connectivity index (χ2n) is 8.71. The number of aliphatic carboxylic acids is 1. The van der Waals surface area contributed by atoms with Crippen LogP contribution in [0.2, 0.25) is 0 Å². The smallest absolute Gasteiger partial charge is 0.490 e. The summed E-state index contributed by atoms with van der Waals surface area (Å²) in [6.07, 6.45) is -2.84. The van der Waals surface area contributed by atoms with Crippen LogP contribution in [-0.4, -0.2) is 86.1 Å². The van der Waals surface area contributed by atoms with Crippen molar-refractivity contribution in [2.75, 3.05) is 53.0 Å². The highest BCUT2D eigenvalue weighted by Gasteiger charge is 2.50. The number of carbonyl (C=O) groups excluding carboxylic acids is 1. The first-order chi connectivity index (χ1) is 15.6. The number of carbonyl (C=O) groups is 2. The summed E-state index contributed by atoms with van der Waals surface area (Å²) in [6.45, 7) is 6.85. The summed E-state index contributed by atoms with van der Waals surface area (Å²) in [4.78, 5) is 25.7. The Morgan fingerprint density at radius 3 is 2.58 bits per heavy atom. The normalized spacial score (nSPS) is 24.7. The van der Waals surface area contributed by atoms with Crippen LogP contribution in [0.15, 0.2) is 24.3 Å². The maximum Gasteiger partial charge on any atom is 0.490 e. The third-order valence-corrected chi connectivity index (χ3v) is 6.41. The Balaban J connectivity index is 0.000000383. The van der Waals surface area contributed by atoms with Crippen molar-refractivity contribution < 1.29 is 37.3 Å². The molecule has 3 aliphatic rings. The van der Waals surface area contributed by atoms with Gasteiger partial charge in [0.15, 0.2) is 0 Å². The summed E-state index contributed by atoms with van der Waals surface area (Å²) in [5.41, 5.74) is 1.25. The SMILES string of the molecule is COc1ccccc1CN1C[C@@H]2COC[C@]2(CNC(=O)N2CCCC2)C1.O=C(O)C(F)(F)F. The van der Waals surface area contributed by atoms with Crippen molar-refractivity contribution in [1.29, 1.82) is 0 Å². The number of likely N-dealkylation sites (tertiary alicyclic amines) is 2. The van der Waals surface area contributed by atoms with Crippen molar-refractivity contribution in [2.45, 2.75) is 25.6 Å². The number of carboxylic acids is 1. The summed E-state index contributed by atoms with van der Waals surface area (Å²) in [5, 5.41) is 10.3. The molecule has 3 aliphatic heterocycles. The van der Waals surface area contributed by atoms with Gasteiger partial charge >= 0.3 is 18.2 Å². The molecule has 2 atom stereocenters. The van der Waals surface area contributed by atoms with Gasteiger partial charge in [-0.1, -0.05) is 18.2 Å². The predicted octanol–water partition coefficient (Wildman–Crippen LogP) is 2.58. The quantitative estimate of drug-likeness (QED) is 0.683. The summed E-state index contributed by atoms with van der Waals surface area (Å²) in [5.74, 6) is -1.33. The maximum absolute atomic E-state index is 12.4. The fraction of sp³-hybridized carbons (Fsp3) is 0.636. The number of methoxy groups -OCH3 is 1. The average Bonchev–Trinajstić information content (AvgIpc) is 3.49. The number of amides is 2. The van der Waals surface area contributed by atoms with Crippen molar-refractivity contribution in [3.05, 3.63) is 29.8 Å². The fourth-order valence-corrected chi connectivity index (χ4v) is 4.67. The van der Waals surface area contributed by atoms with E-state index in [0.29, 0.717) is 12.5 Å². The molecule has 2 N–H and O–H groups in total. The lowest BCUT2D eigenvalue weighted by molar-refractivity contribution is -0.192. The van der Waals surface area contributed by atoms with E-state index in [1.54, 1.807) is 7.11 Å². The van der Waals surface area contributed by atoms with Crippen molar-refractivity contribution >= 4 is 12.0 Å². The highest BCUT2D eigenvalue weighted by molar-refractivity contribution is 5.74. The minimum Gasteiger partial charge on any atom is -0.496 e. The van der Waals surface area contributed by atoms with E-state index >= 15 is 0 Å². The van der Waals surface area contributed by atoms with Gasteiger partial charge in [-0.25, -0.2) is 9.59 Å². The van der Waals surface area contributed by atoms with E-state index in [2.05, 4.69) is 22.3 Å². The zero-order chi connectivity index (χ0) is 24.1. The minimum atomic E-state index is -5.08. The first-order valence-corrected chi connectivity index (χ1v) is 10.9. The van der Waals surface area contributed by atoms with E-state index in [0.717, 1.165) is 64.5 Å². The van der Waals surface area contributed by atoms with Gasteiger partial charge in [0.05, 0.1) is 20.3 Å². The van der Waals surface area contributed by atoms with Crippen LogP contribution in [0.3, 0.4) is 0 Å². The molecule has 4 rings (SSSR count). The lowest BCUT2D eigenvalue weighted by Crippen LogP contribution is -2.47. The average molecular weight is 473 g/mol. The molecule has 0 radical (unpaired) electrons. The van der Waals surface area contributed by atoms with E-state index in [-0.39, 0.29) is 11.4 Å². The van der Waals surface area contributed by atoms with Gasteiger partial charge in [0.2, 0.25) is 0 Å². The number of halogens is 3. The van der Waals surface area contributed by atoms with Gasteiger partial charge in [-0.05, 0) is 18.9 Å². The predicted molar refractivity (Wildman–Crippen MR) is 113 cm³/mol. The molecule has 0 bridgehead atoms. The number of rotatable bonds is 5. The highest BCUT2D eigenvalue weighted by atomic mass is 19.4. The molecule has 0 aliphatic carbocycles. The number of ether oxygens (including phenoxy) is 2. The van der Waals surface area contributed by atoms with E-state index in [4.69, 9.17) is 19.4 Å². The Morgan fingerprint density at radius 1 is 1.27 bits per heavy atom. The molecule has 184 valence electrons. The molecule has 0 saturated carbocycles. The zero-order valence-electron chi connectivity index (χ0n) is 18.6. The van der Waals surface area contributed by atoms with Crippen molar-refractivity contribution in [3.8, 4) is 5.75 Å². The van der Waals surface area contributed by atoms with Gasteiger partial charge in [-0.15, -0.1) is 0 Å². The summed E-state index contributed by atoms with van der Waals surface area (Å²) in [6, 6.07) is 8.30. The van der Waals surface area contributed by atoms with Gasteiger partial charge in [0.1, 0.15) is 5.75 Å². The van der Waals surface area contributed by atoms with Crippen LogP contribution in [0.4, 0.5) is 18.0 Å². The van der Waals surface area contributed by atoms with Crippen LogP contribution in [0, 0.1) is 11.3 Å². The van der Waals surface area contributed by atoms with Crippen molar-refractivity contribution in [2.24, 2.45) is 11.3 Å². The van der Waals surface area contributed by atoms with Gasteiger partial charge in [0, 0.05) is 56.2 Å².